The molecule has 0 aliphatic heterocycles. The third kappa shape index (κ3) is 5.10. The molecule has 16 heavy (non-hydrogen) atoms. The van der Waals surface area contributed by atoms with Gasteiger partial charge in [-0.1, -0.05) is 0 Å². The van der Waals surface area contributed by atoms with Crippen LogP contribution in [0.25, 0.3) is 0 Å². The lowest BCUT2D eigenvalue weighted by Gasteiger charge is -2.30. The number of rotatable bonds is 4. The molecule has 1 rings (SSSR count). The molecule has 0 bridgehead atoms. The summed E-state index contributed by atoms with van der Waals surface area (Å²) in [5, 5.41) is 5.84. The Kier molecular flexibility index (Phi) is 6.03. The molecule has 0 atom stereocenters. The highest BCUT2D eigenvalue weighted by molar-refractivity contribution is 8.15. The first kappa shape index (κ1) is 13.7. The highest BCUT2D eigenvalue weighted by atomic mass is 32.2. The van der Waals surface area contributed by atoms with E-state index in [1.807, 2.05) is 6.92 Å². The Morgan fingerprint density at radius 2 is 1.88 bits per heavy atom. The van der Waals surface area contributed by atoms with Gasteiger partial charge in [-0.05, 0) is 56.8 Å². The molecule has 1 aliphatic carbocycles. The summed E-state index contributed by atoms with van der Waals surface area (Å²) < 4.78 is 0. The molecular formula is C12H26N2OS. The molecule has 0 radical (unpaired) electrons. The van der Waals surface area contributed by atoms with Crippen molar-refractivity contribution in [2.24, 2.45) is 5.92 Å². The van der Waals surface area contributed by atoms with Gasteiger partial charge in [-0.2, -0.15) is 0 Å². The summed E-state index contributed by atoms with van der Waals surface area (Å²) in [4.78, 5) is 11.4. The van der Waals surface area contributed by atoms with Crippen LogP contribution in [0.4, 0.5) is 4.79 Å². The number of hydrogen-bond donors (Lipinski definition) is 3. The molecule has 1 fully saturated rings. The fraction of sp³-hybridized carbons (Fsp3) is 0.917. The molecule has 3 nitrogen and oxygen atoms in total. The lowest BCUT2D eigenvalue weighted by molar-refractivity contribution is 0.229. The summed E-state index contributed by atoms with van der Waals surface area (Å²) in [7, 11) is 0.240. The monoisotopic (exact) mass is 246 g/mol. The van der Waals surface area contributed by atoms with Crippen LogP contribution in [0.3, 0.4) is 0 Å². The summed E-state index contributed by atoms with van der Waals surface area (Å²) in [6, 6.07) is 0.405. The first-order valence-electron chi connectivity index (χ1n) is 6.31. The summed E-state index contributed by atoms with van der Waals surface area (Å²) in [6.45, 7) is 2.65. The van der Waals surface area contributed by atoms with E-state index in [2.05, 4.69) is 23.1 Å². The normalized spacial score (nSPS) is 26.1. The predicted molar refractivity (Wildman–Crippen MR) is 73.7 cm³/mol. The van der Waals surface area contributed by atoms with Crippen LogP contribution in [0, 0.1) is 5.92 Å². The average Bonchev–Trinajstić information content (AvgIpc) is 2.20. The molecule has 1 saturated carbocycles. The zero-order valence-corrected chi connectivity index (χ0v) is 11.6. The Hall–Kier alpha value is -0.380. The SMILES string of the molecule is CCNC(=O)N[C@H]1CC[C@@H](C[SH](C)C)CC1. The minimum atomic E-state index is -0.000755. The number of amides is 2. The highest BCUT2D eigenvalue weighted by Gasteiger charge is 2.22. The van der Waals surface area contributed by atoms with Crippen molar-refractivity contribution in [3.8, 4) is 0 Å². The van der Waals surface area contributed by atoms with E-state index in [-0.39, 0.29) is 16.9 Å². The topological polar surface area (TPSA) is 41.1 Å². The first-order chi connectivity index (χ1) is 7.61. The van der Waals surface area contributed by atoms with Crippen molar-refractivity contribution < 1.29 is 4.79 Å². The molecule has 0 saturated heterocycles. The maximum Gasteiger partial charge on any atom is 0.314 e. The standard InChI is InChI=1S/C12H26N2OS/c1-4-13-12(15)14-11-7-5-10(6-8-11)9-16(2)3/h10-11,16H,4-9H2,1-3H3,(H2,13,14,15)/t10-,11+. The van der Waals surface area contributed by atoms with Crippen LogP contribution in [0.5, 0.6) is 0 Å². The van der Waals surface area contributed by atoms with Crippen molar-refractivity contribution in [3.63, 3.8) is 0 Å². The van der Waals surface area contributed by atoms with Gasteiger partial charge >= 0.3 is 6.03 Å². The van der Waals surface area contributed by atoms with Gasteiger partial charge in [-0.25, -0.2) is 4.79 Å². The van der Waals surface area contributed by atoms with E-state index in [0.29, 0.717) is 12.6 Å². The lowest BCUT2D eigenvalue weighted by Crippen LogP contribution is -2.43. The van der Waals surface area contributed by atoms with Gasteiger partial charge < -0.3 is 10.6 Å². The molecular weight excluding hydrogens is 220 g/mol. The van der Waals surface area contributed by atoms with Gasteiger partial charge in [0.15, 0.2) is 0 Å². The van der Waals surface area contributed by atoms with Crippen molar-refractivity contribution >= 4 is 16.9 Å². The zero-order valence-electron chi connectivity index (χ0n) is 10.8. The van der Waals surface area contributed by atoms with E-state index in [4.69, 9.17) is 0 Å². The molecule has 0 aromatic heterocycles. The molecule has 1 aliphatic rings. The Bertz CT molecular complexity index is 213. The molecule has 0 unspecified atom stereocenters. The molecule has 0 heterocycles. The number of urea groups is 1. The number of thiol groups is 1. The van der Waals surface area contributed by atoms with Gasteiger partial charge in [0.1, 0.15) is 0 Å². The number of carbonyl (C=O) groups excluding carboxylic acids is 1. The van der Waals surface area contributed by atoms with Crippen molar-refractivity contribution in [3.05, 3.63) is 0 Å². The van der Waals surface area contributed by atoms with Gasteiger partial charge in [0.25, 0.3) is 0 Å². The van der Waals surface area contributed by atoms with Crippen LogP contribution < -0.4 is 10.6 Å². The second-order valence-corrected chi connectivity index (χ2v) is 7.51. The predicted octanol–water partition coefficient (Wildman–Crippen LogP) is 2.13. The van der Waals surface area contributed by atoms with Crippen molar-refractivity contribution in [2.75, 3.05) is 24.8 Å². The van der Waals surface area contributed by atoms with Crippen molar-refractivity contribution in [1.29, 1.82) is 0 Å². The van der Waals surface area contributed by atoms with E-state index in [9.17, 15) is 4.79 Å². The second kappa shape index (κ2) is 7.05. The van der Waals surface area contributed by atoms with Crippen LogP contribution in [0.2, 0.25) is 0 Å². The highest BCUT2D eigenvalue weighted by Crippen LogP contribution is 2.30. The summed E-state index contributed by atoms with van der Waals surface area (Å²) in [6.07, 6.45) is 9.61. The Morgan fingerprint density at radius 3 is 2.38 bits per heavy atom. The van der Waals surface area contributed by atoms with Crippen LogP contribution in [-0.2, 0) is 0 Å². The van der Waals surface area contributed by atoms with Crippen LogP contribution in [-0.4, -0.2) is 36.9 Å². The van der Waals surface area contributed by atoms with E-state index in [1.54, 1.807) is 0 Å². The molecule has 4 heteroatoms. The van der Waals surface area contributed by atoms with Crippen LogP contribution in [0.1, 0.15) is 32.6 Å². The first-order valence-corrected chi connectivity index (χ1v) is 8.73. The van der Waals surface area contributed by atoms with E-state index in [0.717, 1.165) is 18.8 Å². The Labute approximate surface area is 102 Å². The third-order valence-corrected chi connectivity index (χ3v) is 4.39. The van der Waals surface area contributed by atoms with Gasteiger partial charge in [-0.15, -0.1) is 0 Å². The molecule has 0 aromatic rings. The maximum absolute atomic E-state index is 11.4. The summed E-state index contributed by atoms with van der Waals surface area (Å²) in [5.41, 5.74) is 0. The van der Waals surface area contributed by atoms with E-state index >= 15 is 0 Å². The zero-order chi connectivity index (χ0) is 12.0. The van der Waals surface area contributed by atoms with Crippen LogP contribution >= 0.6 is 10.9 Å². The molecule has 0 spiro atoms. The van der Waals surface area contributed by atoms with E-state index < -0.39 is 0 Å². The summed E-state index contributed by atoms with van der Waals surface area (Å²) in [5.74, 6) is 2.32. The largest absolute Gasteiger partial charge is 0.338 e. The number of nitrogens with one attached hydrogen (secondary N) is 2. The van der Waals surface area contributed by atoms with Gasteiger partial charge in [-0.3, -0.25) is 10.9 Å². The summed E-state index contributed by atoms with van der Waals surface area (Å²) >= 11 is 0. The molecule has 2 amide bonds. The van der Waals surface area contributed by atoms with Gasteiger partial charge in [0.2, 0.25) is 0 Å². The van der Waals surface area contributed by atoms with Crippen molar-refractivity contribution in [1.82, 2.24) is 10.6 Å². The second-order valence-electron chi connectivity index (χ2n) is 4.98. The van der Waals surface area contributed by atoms with Gasteiger partial charge in [0.05, 0.1) is 0 Å². The van der Waals surface area contributed by atoms with Crippen molar-refractivity contribution in [2.45, 2.75) is 38.6 Å². The molecule has 0 aromatic carbocycles. The van der Waals surface area contributed by atoms with Gasteiger partial charge in [0, 0.05) is 12.6 Å². The molecule has 2 N–H and O–H groups in total. The maximum atomic E-state index is 11.4. The number of hydrogen-bond acceptors (Lipinski definition) is 1. The Morgan fingerprint density at radius 1 is 1.25 bits per heavy atom. The quantitative estimate of drug-likeness (QED) is 0.654. The minimum Gasteiger partial charge on any atom is -0.338 e. The Balaban J connectivity index is 2.19. The lowest BCUT2D eigenvalue weighted by atomic mass is 9.87. The van der Waals surface area contributed by atoms with E-state index in [1.165, 1.54) is 18.6 Å². The number of carbonyl (C=O) groups is 1. The minimum absolute atomic E-state index is 0.000755. The smallest absolute Gasteiger partial charge is 0.314 e. The average molecular weight is 246 g/mol. The fourth-order valence-corrected chi connectivity index (χ4v) is 3.80. The fourth-order valence-electron chi connectivity index (χ4n) is 2.40. The third-order valence-electron chi connectivity index (χ3n) is 3.14. The van der Waals surface area contributed by atoms with Crippen LogP contribution in [0.15, 0.2) is 0 Å². The molecule has 96 valence electrons.